The van der Waals surface area contributed by atoms with Gasteiger partial charge in [-0.3, -0.25) is 4.79 Å². The van der Waals surface area contributed by atoms with Crippen molar-refractivity contribution in [3.8, 4) is 11.5 Å². The van der Waals surface area contributed by atoms with Crippen LogP contribution in [0.3, 0.4) is 0 Å². The summed E-state index contributed by atoms with van der Waals surface area (Å²) in [4.78, 5) is 12.3. The minimum absolute atomic E-state index is 0.0823. The van der Waals surface area contributed by atoms with Crippen molar-refractivity contribution in [1.29, 1.82) is 0 Å². The summed E-state index contributed by atoms with van der Waals surface area (Å²) in [5.74, 6) is 1.30. The van der Waals surface area contributed by atoms with Gasteiger partial charge in [0.1, 0.15) is 11.5 Å². The van der Waals surface area contributed by atoms with E-state index in [0.717, 1.165) is 11.1 Å². The lowest BCUT2D eigenvalue weighted by Gasteiger charge is -2.19. The van der Waals surface area contributed by atoms with Crippen LogP contribution in [-0.4, -0.2) is 18.0 Å². The fraction of sp³-hybridized carbons (Fsp3) is 0.316. The lowest BCUT2D eigenvalue weighted by molar-refractivity contribution is -0.131. The highest BCUT2D eigenvalue weighted by Gasteiger charge is 2.23. The predicted octanol–water partition coefficient (Wildman–Crippen LogP) is 4.11. The van der Waals surface area contributed by atoms with Crippen LogP contribution in [0, 0.1) is 13.8 Å². The third kappa shape index (κ3) is 4.35. The van der Waals surface area contributed by atoms with E-state index in [1.54, 1.807) is 13.8 Å². The Hall–Kier alpha value is -2.29. The van der Waals surface area contributed by atoms with Gasteiger partial charge >= 0.3 is 0 Å². The third-order valence-corrected chi connectivity index (χ3v) is 3.47. The van der Waals surface area contributed by atoms with Gasteiger partial charge in [-0.1, -0.05) is 35.4 Å². The minimum atomic E-state index is -0.553. The van der Waals surface area contributed by atoms with Crippen LogP contribution in [0.4, 0.5) is 0 Å². The summed E-state index contributed by atoms with van der Waals surface area (Å²) in [5, 5.41) is 0. The molecule has 0 aromatic heterocycles. The molecule has 2 unspecified atom stereocenters. The fourth-order valence-electron chi connectivity index (χ4n) is 2.09. The third-order valence-electron chi connectivity index (χ3n) is 3.47. The maximum atomic E-state index is 12.3. The zero-order valence-electron chi connectivity index (χ0n) is 13.5. The molecular formula is C19H22O3. The number of benzene rings is 2. The second-order valence-electron chi connectivity index (χ2n) is 5.55. The number of Topliss-reactive ketones (excluding diaryl/α,β-unsaturated/α-hetero) is 1. The highest BCUT2D eigenvalue weighted by atomic mass is 16.5. The molecule has 2 aromatic rings. The summed E-state index contributed by atoms with van der Waals surface area (Å²) in [5.41, 5.74) is 2.31. The molecule has 22 heavy (non-hydrogen) atoms. The van der Waals surface area contributed by atoms with Crippen molar-refractivity contribution >= 4 is 5.78 Å². The number of ether oxygens (including phenoxy) is 2. The molecule has 2 rings (SSSR count). The average molecular weight is 298 g/mol. The number of rotatable bonds is 6. The number of hydrogen-bond donors (Lipinski definition) is 0. The largest absolute Gasteiger partial charge is 0.483 e. The SMILES string of the molecule is Cc1ccc(OC(C)C(=O)C(C)Oc2ccc(C)cc2)cc1. The van der Waals surface area contributed by atoms with E-state index in [2.05, 4.69) is 0 Å². The van der Waals surface area contributed by atoms with Crippen LogP contribution in [0.15, 0.2) is 48.5 Å². The van der Waals surface area contributed by atoms with E-state index in [9.17, 15) is 4.79 Å². The highest BCUT2D eigenvalue weighted by Crippen LogP contribution is 2.17. The first-order valence-corrected chi connectivity index (χ1v) is 7.46. The van der Waals surface area contributed by atoms with Gasteiger partial charge in [0.2, 0.25) is 5.78 Å². The number of ketones is 1. The van der Waals surface area contributed by atoms with Gasteiger partial charge in [-0.05, 0) is 52.0 Å². The maximum Gasteiger partial charge on any atom is 0.212 e. The van der Waals surface area contributed by atoms with Gasteiger partial charge in [0, 0.05) is 0 Å². The summed E-state index contributed by atoms with van der Waals surface area (Å²) in [6, 6.07) is 15.3. The Kier molecular flexibility index (Phi) is 5.21. The Morgan fingerprint density at radius 1 is 0.727 bits per heavy atom. The zero-order chi connectivity index (χ0) is 16.1. The number of aryl methyl sites for hydroxylation is 2. The Bertz CT molecular complexity index is 559. The second kappa shape index (κ2) is 7.12. The van der Waals surface area contributed by atoms with Crippen LogP contribution < -0.4 is 9.47 Å². The predicted molar refractivity (Wildman–Crippen MR) is 87.5 cm³/mol. The second-order valence-corrected chi connectivity index (χ2v) is 5.55. The Labute approximate surface area is 131 Å². The Balaban J connectivity index is 1.94. The Morgan fingerprint density at radius 3 is 1.36 bits per heavy atom. The van der Waals surface area contributed by atoms with Crippen molar-refractivity contribution in [3.63, 3.8) is 0 Å². The summed E-state index contributed by atoms with van der Waals surface area (Å²) in [6.45, 7) is 7.51. The molecule has 0 aliphatic carbocycles. The van der Waals surface area contributed by atoms with Crippen molar-refractivity contribution in [2.24, 2.45) is 0 Å². The van der Waals surface area contributed by atoms with Crippen LogP contribution in [0.1, 0.15) is 25.0 Å². The van der Waals surface area contributed by atoms with E-state index >= 15 is 0 Å². The van der Waals surface area contributed by atoms with Crippen LogP contribution in [0.25, 0.3) is 0 Å². The van der Waals surface area contributed by atoms with Gasteiger partial charge in [-0.15, -0.1) is 0 Å². The van der Waals surface area contributed by atoms with Crippen molar-refractivity contribution in [2.75, 3.05) is 0 Å². The van der Waals surface area contributed by atoms with E-state index < -0.39 is 12.2 Å². The van der Waals surface area contributed by atoms with E-state index in [-0.39, 0.29) is 5.78 Å². The standard InChI is InChI=1S/C19H22O3/c1-13-5-9-17(10-6-13)21-15(3)19(20)16(4)22-18-11-7-14(2)8-12-18/h5-12,15-16H,1-4H3. The molecule has 0 spiro atoms. The highest BCUT2D eigenvalue weighted by molar-refractivity contribution is 5.87. The summed E-state index contributed by atoms with van der Waals surface area (Å²) >= 11 is 0. The Morgan fingerprint density at radius 2 is 1.05 bits per heavy atom. The van der Waals surface area contributed by atoms with Gasteiger partial charge < -0.3 is 9.47 Å². The normalized spacial score (nSPS) is 13.3. The zero-order valence-corrected chi connectivity index (χ0v) is 13.5. The maximum absolute atomic E-state index is 12.3. The van der Waals surface area contributed by atoms with Gasteiger partial charge in [-0.25, -0.2) is 0 Å². The summed E-state index contributed by atoms with van der Waals surface area (Å²) < 4.78 is 11.4. The molecule has 3 nitrogen and oxygen atoms in total. The first-order chi connectivity index (χ1) is 10.5. The minimum Gasteiger partial charge on any atom is -0.483 e. The van der Waals surface area contributed by atoms with Crippen LogP contribution in [0.5, 0.6) is 11.5 Å². The monoisotopic (exact) mass is 298 g/mol. The smallest absolute Gasteiger partial charge is 0.212 e. The molecule has 0 heterocycles. The summed E-state index contributed by atoms with van der Waals surface area (Å²) in [7, 11) is 0. The molecule has 0 aliphatic heterocycles. The molecule has 2 atom stereocenters. The van der Waals surface area contributed by atoms with Crippen LogP contribution in [-0.2, 0) is 4.79 Å². The first kappa shape index (κ1) is 16.1. The van der Waals surface area contributed by atoms with E-state index in [4.69, 9.17) is 9.47 Å². The van der Waals surface area contributed by atoms with Gasteiger partial charge in [0.25, 0.3) is 0 Å². The first-order valence-electron chi connectivity index (χ1n) is 7.46. The molecule has 0 radical (unpaired) electrons. The lowest BCUT2D eigenvalue weighted by Crippen LogP contribution is -2.35. The van der Waals surface area contributed by atoms with Gasteiger partial charge in [0.05, 0.1) is 0 Å². The van der Waals surface area contributed by atoms with Crippen molar-refractivity contribution in [1.82, 2.24) is 0 Å². The molecule has 0 amide bonds. The topological polar surface area (TPSA) is 35.5 Å². The quantitative estimate of drug-likeness (QED) is 0.805. The summed E-state index contributed by atoms with van der Waals surface area (Å²) in [6.07, 6.45) is -1.11. The van der Waals surface area contributed by atoms with E-state index in [0.29, 0.717) is 11.5 Å². The fourth-order valence-corrected chi connectivity index (χ4v) is 2.09. The molecule has 0 saturated carbocycles. The van der Waals surface area contributed by atoms with Crippen molar-refractivity contribution < 1.29 is 14.3 Å². The molecule has 116 valence electrons. The van der Waals surface area contributed by atoms with E-state index in [1.165, 1.54) is 0 Å². The molecule has 0 N–H and O–H groups in total. The van der Waals surface area contributed by atoms with Gasteiger partial charge in [0.15, 0.2) is 12.2 Å². The van der Waals surface area contributed by atoms with Gasteiger partial charge in [-0.2, -0.15) is 0 Å². The van der Waals surface area contributed by atoms with Crippen molar-refractivity contribution in [2.45, 2.75) is 39.9 Å². The molecule has 0 saturated heterocycles. The average Bonchev–Trinajstić information content (AvgIpc) is 2.51. The van der Waals surface area contributed by atoms with E-state index in [1.807, 2.05) is 62.4 Å². The molecule has 3 heteroatoms. The lowest BCUT2D eigenvalue weighted by atomic mass is 10.1. The van der Waals surface area contributed by atoms with Crippen molar-refractivity contribution in [3.05, 3.63) is 59.7 Å². The number of carbonyl (C=O) groups is 1. The number of carbonyl (C=O) groups excluding carboxylic acids is 1. The molecular weight excluding hydrogens is 276 g/mol. The number of hydrogen-bond acceptors (Lipinski definition) is 3. The molecule has 0 aliphatic rings. The molecule has 0 bridgehead atoms. The molecule has 0 fully saturated rings. The van der Waals surface area contributed by atoms with Crippen LogP contribution >= 0.6 is 0 Å². The van der Waals surface area contributed by atoms with Crippen LogP contribution in [0.2, 0.25) is 0 Å². The molecule has 2 aromatic carbocycles.